The Labute approximate surface area is 72.0 Å². The molecule has 0 N–H and O–H groups in total. The molecule has 0 bridgehead atoms. The highest BCUT2D eigenvalue weighted by Crippen LogP contribution is 2.18. The molecule has 0 atom stereocenters. The van der Waals surface area contributed by atoms with Gasteiger partial charge >= 0.3 is 0 Å². The van der Waals surface area contributed by atoms with Crippen molar-refractivity contribution >= 4 is 12.0 Å². The van der Waals surface area contributed by atoms with Crippen LogP contribution in [0.15, 0.2) is 29.2 Å². The van der Waals surface area contributed by atoms with Crippen LogP contribution < -0.4 is 0 Å². The summed E-state index contributed by atoms with van der Waals surface area (Å²) in [6.07, 6.45) is 0.258. The Hall–Kier alpha value is -0.470. The van der Waals surface area contributed by atoms with Gasteiger partial charge in [-0.25, -0.2) is 0 Å². The van der Waals surface area contributed by atoms with Gasteiger partial charge in [0.15, 0.2) is 0 Å². The quantitative estimate of drug-likeness (QED) is 0.640. The molecular weight excluding hydrogens is 156 g/mol. The molecular formula is C9H11OS. The van der Waals surface area contributed by atoms with Gasteiger partial charge in [0.2, 0.25) is 0 Å². The molecule has 0 aromatic heterocycles. The second kappa shape index (κ2) is 4.42. The Balaban J connectivity index is 2.39. The van der Waals surface area contributed by atoms with Crippen LogP contribution in [-0.4, -0.2) is 6.10 Å². The third-order valence-electron chi connectivity index (χ3n) is 1.01. The number of hydrogen-bond donors (Lipinski definition) is 0. The first kappa shape index (κ1) is 8.62. The van der Waals surface area contributed by atoms with Crippen molar-refractivity contribution in [2.24, 2.45) is 0 Å². The van der Waals surface area contributed by atoms with Gasteiger partial charge in [0.25, 0.3) is 0 Å². The van der Waals surface area contributed by atoms with E-state index in [4.69, 9.17) is 4.18 Å². The fraction of sp³-hybridized carbons (Fsp3) is 0.333. The van der Waals surface area contributed by atoms with Gasteiger partial charge in [0, 0.05) is 16.9 Å². The van der Waals surface area contributed by atoms with E-state index in [1.54, 1.807) is 0 Å². The van der Waals surface area contributed by atoms with Gasteiger partial charge in [-0.3, -0.25) is 0 Å². The maximum Gasteiger partial charge on any atom is 0.0670 e. The molecule has 0 unspecified atom stereocenters. The lowest BCUT2D eigenvalue weighted by Crippen LogP contribution is -1.93. The zero-order chi connectivity index (χ0) is 8.10. The van der Waals surface area contributed by atoms with E-state index in [2.05, 4.69) is 6.07 Å². The molecule has 1 nitrogen and oxygen atoms in total. The van der Waals surface area contributed by atoms with E-state index in [1.165, 1.54) is 12.0 Å². The molecule has 2 heteroatoms. The fourth-order valence-corrected chi connectivity index (χ4v) is 1.12. The molecule has 1 radical (unpaired) electrons. The van der Waals surface area contributed by atoms with E-state index in [9.17, 15) is 0 Å². The van der Waals surface area contributed by atoms with Gasteiger partial charge in [-0.1, -0.05) is 18.2 Å². The molecule has 11 heavy (non-hydrogen) atoms. The highest BCUT2D eigenvalue weighted by atomic mass is 32.2. The lowest BCUT2D eigenvalue weighted by atomic mass is 10.4. The van der Waals surface area contributed by atoms with Gasteiger partial charge in [0.05, 0.1) is 6.10 Å². The molecule has 0 aliphatic carbocycles. The Morgan fingerprint density at radius 3 is 2.82 bits per heavy atom. The molecule has 1 aromatic rings. The summed E-state index contributed by atoms with van der Waals surface area (Å²) >= 11 is 1.37. The van der Waals surface area contributed by atoms with E-state index in [-0.39, 0.29) is 6.10 Å². The molecule has 0 spiro atoms. The van der Waals surface area contributed by atoms with Crippen LogP contribution in [0.5, 0.6) is 0 Å². The maximum atomic E-state index is 5.31. The van der Waals surface area contributed by atoms with Crippen molar-refractivity contribution in [3.63, 3.8) is 0 Å². The molecule has 1 aromatic carbocycles. The van der Waals surface area contributed by atoms with Crippen LogP contribution in [0.3, 0.4) is 0 Å². The zero-order valence-corrected chi connectivity index (χ0v) is 7.52. The number of hydrogen-bond acceptors (Lipinski definition) is 2. The monoisotopic (exact) mass is 167 g/mol. The molecule has 0 saturated carbocycles. The number of benzene rings is 1. The normalized spacial score (nSPS) is 10.5. The molecule has 0 amide bonds. The highest BCUT2D eigenvalue weighted by Gasteiger charge is 1.95. The number of rotatable bonds is 3. The third kappa shape index (κ3) is 3.44. The van der Waals surface area contributed by atoms with Crippen LogP contribution >= 0.6 is 12.0 Å². The summed E-state index contributed by atoms with van der Waals surface area (Å²) in [4.78, 5) is 1.03. The Morgan fingerprint density at radius 2 is 2.27 bits per heavy atom. The Morgan fingerprint density at radius 1 is 1.45 bits per heavy atom. The van der Waals surface area contributed by atoms with Crippen LogP contribution in [0.2, 0.25) is 0 Å². The van der Waals surface area contributed by atoms with Crippen LogP contribution in [0.25, 0.3) is 0 Å². The summed E-state index contributed by atoms with van der Waals surface area (Å²) in [6, 6.07) is 10.8. The van der Waals surface area contributed by atoms with Crippen molar-refractivity contribution in [3.05, 3.63) is 30.3 Å². The molecule has 0 aliphatic rings. The second-order valence-corrected chi connectivity index (χ2v) is 3.25. The SMILES string of the molecule is CC(C)OSc1[c]cccc1. The van der Waals surface area contributed by atoms with Crippen molar-refractivity contribution < 1.29 is 4.18 Å². The predicted octanol–water partition coefficient (Wildman–Crippen LogP) is 2.92. The highest BCUT2D eigenvalue weighted by molar-refractivity contribution is 7.94. The Kier molecular flexibility index (Phi) is 3.46. The molecule has 0 heterocycles. The van der Waals surface area contributed by atoms with E-state index in [1.807, 2.05) is 38.1 Å². The van der Waals surface area contributed by atoms with Gasteiger partial charge in [-0.05, 0) is 26.0 Å². The smallest absolute Gasteiger partial charge is 0.0670 e. The summed E-state index contributed by atoms with van der Waals surface area (Å²) in [6.45, 7) is 4.02. The summed E-state index contributed by atoms with van der Waals surface area (Å²) in [5, 5.41) is 0. The van der Waals surface area contributed by atoms with E-state index in [0.29, 0.717) is 0 Å². The van der Waals surface area contributed by atoms with E-state index < -0.39 is 0 Å². The summed E-state index contributed by atoms with van der Waals surface area (Å²) < 4.78 is 5.31. The Bertz CT molecular complexity index is 196. The minimum Gasteiger partial charge on any atom is -0.308 e. The average molecular weight is 167 g/mol. The van der Waals surface area contributed by atoms with Gasteiger partial charge < -0.3 is 4.18 Å². The molecule has 0 aliphatic heterocycles. The fourth-order valence-electron chi connectivity index (χ4n) is 0.577. The van der Waals surface area contributed by atoms with Gasteiger partial charge in [0.1, 0.15) is 0 Å². The minimum absolute atomic E-state index is 0.258. The third-order valence-corrected chi connectivity index (χ3v) is 1.93. The summed E-state index contributed by atoms with van der Waals surface area (Å²) in [5.74, 6) is 0. The lowest BCUT2D eigenvalue weighted by Gasteiger charge is -2.03. The maximum absolute atomic E-state index is 5.31. The second-order valence-electron chi connectivity index (χ2n) is 2.46. The first-order valence-electron chi connectivity index (χ1n) is 3.59. The van der Waals surface area contributed by atoms with Gasteiger partial charge in [-0.2, -0.15) is 0 Å². The molecule has 0 fully saturated rings. The first-order valence-corrected chi connectivity index (χ1v) is 4.33. The predicted molar refractivity (Wildman–Crippen MR) is 47.4 cm³/mol. The lowest BCUT2D eigenvalue weighted by molar-refractivity contribution is 0.289. The van der Waals surface area contributed by atoms with Crippen molar-refractivity contribution in [1.82, 2.24) is 0 Å². The van der Waals surface area contributed by atoms with Gasteiger partial charge in [-0.15, -0.1) is 0 Å². The standard InChI is InChI=1S/C9H11OS/c1-8(2)10-11-9-6-4-3-5-7-9/h3-6,8H,1-2H3. The van der Waals surface area contributed by atoms with Crippen LogP contribution in [-0.2, 0) is 4.18 Å². The van der Waals surface area contributed by atoms with Crippen molar-refractivity contribution in [1.29, 1.82) is 0 Å². The van der Waals surface area contributed by atoms with Crippen LogP contribution in [0, 0.1) is 6.07 Å². The molecule has 0 saturated heterocycles. The largest absolute Gasteiger partial charge is 0.308 e. The first-order chi connectivity index (χ1) is 5.29. The topological polar surface area (TPSA) is 9.23 Å². The average Bonchev–Trinajstić information content (AvgIpc) is 2.03. The summed E-state index contributed by atoms with van der Waals surface area (Å²) in [7, 11) is 0. The minimum atomic E-state index is 0.258. The van der Waals surface area contributed by atoms with Crippen molar-refractivity contribution in [3.8, 4) is 0 Å². The van der Waals surface area contributed by atoms with Crippen LogP contribution in [0.1, 0.15) is 13.8 Å². The summed E-state index contributed by atoms with van der Waals surface area (Å²) in [5.41, 5.74) is 0. The molecule has 59 valence electrons. The van der Waals surface area contributed by atoms with Crippen molar-refractivity contribution in [2.45, 2.75) is 24.8 Å². The molecule has 1 rings (SSSR count). The van der Waals surface area contributed by atoms with Crippen molar-refractivity contribution in [2.75, 3.05) is 0 Å². The van der Waals surface area contributed by atoms with Crippen LogP contribution in [0.4, 0.5) is 0 Å². The van der Waals surface area contributed by atoms with E-state index >= 15 is 0 Å². The zero-order valence-electron chi connectivity index (χ0n) is 6.70. The van der Waals surface area contributed by atoms with E-state index in [0.717, 1.165) is 4.90 Å².